The summed E-state index contributed by atoms with van der Waals surface area (Å²) in [5, 5.41) is 0. The molecule has 0 unspecified atom stereocenters. The maximum Gasteiger partial charge on any atom is 0.271 e. The summed E-state index contributed by atoms with van der Waals surface area (Å²) in [7, 11) is 4.88. The number of aryl methyl sites for hydroxylation is 1. The number of methoxy groups -OCH3 is 3. The molecule has 1 atom stereocenters. The van der Waals surface area contributed by atoms with Crippen LogP contribution in [-0.4, -0.2) is 25.9 Å². The molecule has 0 fully saturated rings. The van der Waals surface area contributed by atoms with Crippen molar-refractivity contribution in [2.24, 2.45) is 4.99 Å². The number of rotatable bonds is 5. The first-order valence-corrected chi connectivity index (χ1v) is 13.8. The molecule has 4 aromatic rings. The minimum atomic E-state index is -0.305. The molecular weight excluding hydrogens is 564 g/mol. The third-order valence-electron chi connectivity index (χ3n) is 7.07. The molecule has 3 aromatic carbocycles. The summed E-state index contributed by atoms with van der Waals surface area (Å²) in [6.07, 6.45) is 3.60. The SMILES string of the molecule is COc1ccc(Br)cc1/C=c1/sc2n(c1=O)[C@H](c1ccc(OC)c(OC)c1)C1=C(N=2)c2ccccc2CC1. The molecular formula is C30H25BrN2O4S. The largest absolute Gasteiger partial charge is 0.496 e. The number of hydrogen-bond donors (Lipinski definition) is 0. The van der Waals surface area contributed by atoms with Crippen molar-refractivity contribution in [1.29, 1.82) is 0 Å². The molecule has 0 radical (unpaired) electrons. The van der Waals surface area contributed by atoms with Crippen LogP contribution in [0.4, 0.5) is 0 Å². The van der Waals surface area contributed by atoms with Gasteiger partial charge in [0.1, 0.15) is 5.75 Å². The summed E-state index contributed by atoms with van der Waals surface area (Å²) < 4.78 is 20.0. The van der Waals surface area contributed by atoms with Crippen LogP contribution in [0.15, 0.2) is 80.5 Å². The average Bonchev–Trinajstić information content (AvgIpc) is 3.25. The lowest BCUT2D eigenvalue weighted by Gasteiger charge is -2.31. The molecule has 1 aliphatic heterocycles. The highest BCUT2D eigenvalue weighted by Crippen LogP contribution is 2.42. The fourth-order valence-electron chi connectivity index (χ4n) is 5.30. The molecule has 0 bridgehead atoms. The predicted octanol–water partition coefficient (Wildman–Crippen LogP) is 5.11. The van der Waals surface area contributed by atoms with Gasteiger partial charge in [-0.15, -0.1) is 0 Å². The number of benzene rings is 3. The van der Waals surface area contributed by atoms with Gasteiger partial charge in [0.25, 0.3) is 5.56 Å². The van der Waals surface area contributed by atoms with Crippen LogP contribution in [0, 0.1) is 0 Å². The van der Waals surface area contributed by atoms with Crippen molar-refractivity contribution in [3.05, 3.63) is 113 Å². The minimum Gasteiger partial charge on any atom is -0.496 e. The lowest BCUT2D eigenvalue weighted by Crippen LogP contribution is -2.38. The predicted molar refractivity (Wildman–Crippen MR) is 153 cm³/mol. The summed E-state index contributed by atoms with van der Waals surface area (Å²) in [4.78, 5) is 19.8. The summed E-state index contributed by atoms with van der Waals surface area (Å²) in [5.41, 5.74) is 6.20. The minimum absolute atomic E-state index is 0.0824. The number of nitrogens with zero attached hydrogens (tertiary/aromatic N) is 2. The van der Waals surface area contributed by atoms with Crippen molar-refractivity contribution in [3.63, 3.8) is 0 Å². The van der Waals surface area contributed by atoms with Crippen LogP contribution >= 0.6 is 27.3 Å². The Morgan fingerprint density at radius 1 is 0.947 bits per heavy atom. The molecule has 6 nitrogen and oxygen atoms in total. The van der Waals surface area contributed by atoms with E-state index < -0.39 is 0 Å². The highest BCUT2D eigenvalue weighted by molar-refractivity contribution is 9.10. The zero-order valence-electron chi connectivity index (χ0n) is 21.2. The number of hydrogen-bond acceptors (Lipinski definition) is 6. The van der Waals surface area contributed by atoms with Crippen LogP contribution < -0.4 is 29.1 Å². The van der Waals surface area contributed by atoms with E-state index in [0.29, 0.717) is 26.6 Å². The highest BCUT2D eigenvalue weighted by Gasteiger charge is 2.33. The van der Waals surface area contributed by atoms with Crippen LogP contribution in [0.25, 0.3) is 11.8 Å². The van der Waals surface area contributed by atoms with E-state index in [2.05, 4.69) is 34.1 Å². The topological polar surface area (TPSA) is 62.0 Å². The van der Waals surface area contributed by atoms with Gasteiger partial charge in [0.15, 0.2) is 16.3 Å². The van der Waals surface area contributed by atoms with Crippen LogP contribution in [0.5, 0.6) is 17.2 Å². The quantitative estimate of drug-likeness (QED) is 0.325. The maximum absolute atomic E-state index is 14.0. The zero-order valence-corrected chi connectivity index (χ0v) is 23.6. The van der Waals surface area contributed by atoms with E-state index in [0.717, 1.165) is 45.3 Å². The zero-order chi connectivity index (χ0) is 26.4. The second-order valence-corrected chi connectivity index (χ2v) is 11.0. The first kappa shape index (κ1) is 24.7. The number of aromatic nitrogens is 1. The fourth-order valence-corrected chi connectivity index (χ4v) is 6.68. The van der Waals surface area contributed by atoms with E-state index in [9.17, 15) is 4.79 Å². The molecule has 2 aliphatic rings. The highest BCUT2D eigenvalue weighted by atomic mass is 79.9. The first-order chi connectivity index (χ1) is 18.5. The van der Waals surface area contributed by atoms with Crippen molar-refractivity contribution in [2.75, 3.05) is 21.3 Å². The molecule has 192 valence electrons. The van der Waals surface area contributed by atoms with Crippen LogP contribution in [0.3, 0.4) is 0 Å². The van der Waals surface area contributed by atoms with Crippen molar-refractivity contribution < 1.29 is 14.2 Å². The molecule has 8 heteroatoms. The normalized spacial score (nSPS) is 16.3. The van der Waals surface area contributed by atoms with Crippen molar-refractivity contribution in [2.45, 2.75) is 18.9 Å². The Bertz CT molecular complexity index is 1790. The van der Waals surface area contributed by atoms with Gasteiger partial charge in [-0.1, -0.05) is 57.6 Å². The summed E-state index contributed by atoms with van der Waals surface area (Å²) in [6, 6.07) is 19.7. The molecule has 1 aliphatic carbocycles. The third kappa shape index (κ3) is 4.08. The lowest BCUT2D eigenvalue weighted by atomic mass is 9.83. The van der Waals surface area contributed by atoms with E-state index >= 15 is 0 Å². The Morgan fingerprint density at radius 3 is 2.50 bits per heavy atom. The maximum atomic E-state index is 14.0. The average molecular weight is 590 g/mol. The van der Waals surface area contributed by atoms with Gasteiger partial charge in [-0.25, -0.2) is 4.99 Å². The van der Waals surface area contributed by atoms with Crippen molar-refractivity contribution in [3.8, 4) is 17.2 Å². The standard InChI is InChI=1S/C30H25BrN2O4S/c1-35-23-13-10-20(31)14-19(23)16-26-29(34)33-28(18-9-12-24(36-2)25(15-18)37-3)22-11-8-17-6-4-5-7-21(17)27(22)32-30(33)38-26/h4-7,9-10,12-16,28H,8,11H2,1-3H3/b26-16+/t28-/m1/s1. The molecule has 0 saturated heterocycles. The third-order valence-corrected chi connectivity index (χ3v) is 8.55. The Hall–Kier alpha value is -3.62. The van der Waals surface area contributed by atoms with Gasteiger partial charge in [-0.2, -0.15) is 0 Å². The number of fused-ring (bicyclic) bond motifs is 3. The molecule has 0 amide bonds. The summed E-state index contributed by atoms with van der Waals surface area (Å²) >= 11 is 4.93. The second kappa shape index (κ2) is 9.93. The lowest BCUT2D eigenvalue weighted by molar-refractivity contribution is 0.354. The van der Waals surface area contributed by atoms with Crippen molar-refractivity contribution >= 4 is 39.0 Å². The van der Waals surface area contributed by atoms with E-state index in [1.165, 1.54) is 16.9 Å². The number of halogens is 1. The molecule has 0 N–H and O–H groups in total. The van der Waals surface area contributed by atoms with Gasteiger partial charge < -0.3 is 14.2 Å². The van der Waals surface area contributed by atoms with Gasteiger partial charge in [0.05, 0.1) is 37.6 Å². The van der Waals surface area contributed by atoms with Crippen LogP contribution in [-0.2, 0) is 6.42 Å². The van der Waals surface area contributed by atoms with E-state index in [4.69, 9.17) is 19.2 Å². The monoisotopic (exact) mass is 588 g/mol. The Labute approximate surface area is 232 Å². The molecule has 6 rings (SSSR count). The van der Waals surface area contributed by atoms with Crippen LogP contribution in [0.2, 0.25) is 0 Å². The van der Waals surface area contributed by atoms with E-state index in [1.807, 2.05) is 53.1 Å². The van der Waals surface area contributed by atoms with E-state index in [1.54, 1.807) is 21.3 Å². The summed E-state index contributed by atoms with van der Waals surface area (Å²) in [6.45, 7) is 0. The van der Waals surface area contributed by atoms with Crippen LogP contribution in [0.1, 0.15) is 34.7 Å². The fraction of sp³-hybridized carbons (Fsp3) is 0.200. The Kier molecular flexibility index (Phi) is 6.45. The molecule has 1 aromatic heterocycles. The molecule has 0 saturated carbocycles. The smallest absolute Gasteiger partial charge is 0.271 e. The number of allylic oxidation sites excluding steroid dienone is 1. The first-order valence-electron chi connectivity index (χ1n) is 12.2. The number of thiazole rings is 1. The Balaban J connectivity index is 1.63. The molecule has 2 heterocycles. The molecule has 0 spiro atoms. The summed E-state index contributed by atoms with van der Waals surface area (Å²) in [5.74, 6) is 1.97. The van der Waals surface area contributed by atoms with Gasteiger partial charge in [-0.05, 0) is 65.9 Å². The van der Waals surface area contributed by atoms with E-state index in [-0.39, 0.29) is 11.6 Å². The molecule has 38 heavy (non-hydrogen) atoms. The van der Waals surface area contributed by atoms with Gasteiger partial charge >= 0.3 is 0 Å². The van der Waals surface area contributed by atoms with Gasteiger partial charge in [-0.3, -0.25) is 9.36 Å². The number of ether oxygens (including phenoxy) is 3. The van der Waals surface area contributed by atoms with Gasteiger partial charge in [0, 0.05) is 15.6 Å². The Morgan fingerprint density at radius 2 is 1.71 bits per heavy atom. The van der Waals surface area contributed by atoms with Gasteiger partial charge in [0.2, 0.25) is 0 Å². The second-order valence-electron chi connectivity index (χ2n) is 9.11. The van der Waals surface area contributed by atoms with Crippen molar-refractivity contribution in [1.82, 2.24) is 4.57 Å².